The first-order chi connectivity index (χ1) is 23.3. The van der Waals surface area contributed by atoms with Crippen LogP contribution in [0.3, 0.4) is 0 Å². The molecule has 6 aromatic rings. The number of aromatic nitrogens is 2. The van der Waals surface area contributed by atoms with Gasteiger partial charge in [0.2, 0.25) is 0 Å². The number of nitrogens with zero attached hydrogens (tertiary/aromatic N) is 7. The average molecular weight is 739 g/mol. The van der Waals surface area contributed by atoms with Crippen molar-refractivity contribution in [3.8, 4) is 28.8 Å². The van der Waals surface area contributed by atoms with E-state index in [0.29, 0.717) is 16.8 Å². The van der Waals surface area contributed by atoms with Crippen LogP contribution in [0.15, 0.2) is 128 Å². The molecule has 0 atom stereocenters. The number of phenols is 2. The van der Waals surface area contributed by atoms with Gasteiger partial charge in [-0.15, -0.1) is 15.3 Å². The molecular weight excluding hydrogens is 715 g/mol. The van der Waals surface area contributed by atoms with Crippen molar-refractivity contribution >= 4 is 49.2 Å². The molecule has 18 heteroatoms. The molecule has 0 bridgehead atoms. The molecule has 0 spiro atoms. The number of phenolic OH excluding ortho intramolecular Hbond substituents is 2. The first-order valence-corrected chi connectivity index (χ1v) is 15.5. The molecule has 0 unspecified atom stereocenters. The van der Waals surface area contributed by atoms with Crippen molar-refractivity contribution in [2.45, 2.75) is 11.8 Å². The second kappa shape index (κ2) is 15.3. The van der Waals surface area contributed by atoms with Crippen LogP contribution in [-0.2, 0) is 26.8 Å². The van der Waals surface area contributed by atoms with Gasteiger partial charge in [-0.1, -0.05) is 60.3 Å². The summed E-state index contributed by atoms with van der Waals surface area (Å²) in [7, 11) is -4.24. The molecule has 0 saturated carbocycles. The van der Waals surface area contributed by atoms with Crippen LogP contribution in [0.4, 0.5) is 28.4 Å². The zero-order valence-electron chi connectivity index (χ0n) is 25.5. The Morgan fingerprint density at radius 3 is 2.12 bits per heavy atom. The molecule has 0 fully saturated rings. The quantitative estimate of drug-likeness (QED) is 0.0964. The normalized spacial score (nSPS) is 11.3. The number of non-ortho nitro benzene ring substituents is 1. The van der Waals surface area contributed by atoms with Gasteiger partial charge in [-0.05, 0) is 48.7 Å². The fourth-order valence-corrected chi connectivity index (χ4v) is 4.88. The van der Waals surface area contributed by atoms with E-state index in [1.54, 1.807) is 49.4 Å². The Labute approximate surface area is 293 Å². The summed E-state index contributed by atoms with van der Waals surface area (Å²) in [5.74, 6) is -1.51. The van der Waals surface area contributed by atoms with Crippen LogP contribution in [0.1, 0.15) is 5.69 Å². The van der Waals surface area contributed by atoms with Crippen LogP contribution in [-0.4, -0.2) is 33.3 Å². The predicted octanol–water partition coefficient (Wildman–Crippen LogP) is 7.06. The van der Waals surface area contributed by atoms with Gasteiger partial charge in [0.15, 0.2) is 0 Å². The second-order valence-electron chi connectivity index (χ2n) is 10.1. The Morgan fingerprint density at radius 2 is 1.44 bits per heavy atom. The molecule has 16 nitrogen and oxygen atoms in total. The van der Waals surface area contributed by atoms with Gasteiger partial charge in [-0.3, -0.25) is 10.1 Å². The Kier molecular flexibility index (Phi) is 11.2. The number of nitrogens with one attached hydrogen (secondary N) is 1. The maximum atomic E-state index is 12.5. The molecule has 50 heavy (non-hydrogen) atoms. The Hall–Kier alpha value is -6.21. The van der Waals surface area contributed by atoms with Gasteiger partial charge in [0.1, 0.15) is 28.6 Å². The Bertz CT molecular complexity index is 2370. The van der Waals surface area contributed by atoms with Gasteiger partial charge in [0.25, 0.3) is 5.69 Å². The molecule has 0 saturated heterocycles. The number of azo groups is 2. The van der Waals surface area contributed by atoms with Crippen LogP contribution < -0.4 is 10.2 Å². The predicted molar refractivity (Wildman–Crippen MR) is 174 cm³/mol. The number of nitro benzene ring substituents is 1. The largest absolute Gasteiger partial charge is 3.00 e. The molecular formula is C32H23CoN8O8S. The maximum Gasteiger partial charge on any atom is 3.00 e. The third-order valence-corrected chi connectivity index (χ3v) is 7.67. The van der Waals surface area contributed by atoms with Crippen molar-refractivity contribution in [2.24, 2.45) is 20.5 Å². The third kappa shape index (κ3) is 8.25. The van der Waals surface area contributed by atoms with E-state index in [1.807, 2.05) is 18.2 Å². The average Bonchev–Trinajstić information content (AvgIpc) is 3.36. The smallest absolute Gasteiger partial charge is 0.871 e. The van der Waals surface area contributed by atoms with Gasteiger partial charge in [0.05, 0.1) is 43.0 Å². The van der Waals surface area contributed by atoms with Crippen LogP contribution in [0.25, 0.3) is 21.6 Å². The number of para-hydroxylation sites is 1. The molecule has 3 N–H and O–H groups in total. The Morgan fingerprint density at radius 1 is 0.780 bits per heavy atom. The first kappa shape index (κ1) is 36.6. The zero-order chi connectivity index (χ0) is 35.3. The summed E-state index contributed by atoms with van der Waals surface area (Å²) in [6.45, 7) is 1.57. The van der Waals surface area contributed by atoms with Crippen LogP contribution in [0.5, 0.6) is 23.1 Å². The number of benzene rings is 5. The molecule has 0 radical (unpaired) electrons. The summed E-state index contributed by atoms with van der Waals surface area (Å²) in [5, 5.41) is 82.7. The molecule has 0 aliphatic rings. The van der Waals surface area contributed by atoms with Crippen molar-refractivity contribution in [3.05, 3.63) is 124 Å². The molecule has 5 aromatic carbocycles. The van der Waals surface area contributed by atoms with E-state index >= 15 is 0 Å². The van der Waals surface area contributed by atoms with Gasteiger partial charge in [0, 0.05) is 17.3 Å². The van der Waals surface area contributed by atoms with Crippen molar-refractivity contribution in [1.82, 2.24) is 9.78 Å². The number of fused-ring (bicyclic) bond motifs is 1. The van der Waals surface area contributed by atoms with Crippen LogP contribution >= 0.6 is 0 Å². The first-order valence-electron chi connectivity index (χ1n) is 14.0. The summed E-state index contributed by atoms with van der Waals surface area (Å²) in [5.41, 5.74) is 0.600. The summed E-state index contributed by atoms with van der Waals surface area (Å²) >= 11 is 0. The van der Waals surface area contributed by atoms with Crippen molar-refractivity contribution in [3.63, 3.8) is 0 Å². The number of hydrogen-bond donors (Lipinski definition) is 2. The number of rotatable bonds is 7. The molecule has 0 aliphatic carbocycles. The topological polar surface area (TPSA) is 255 Å². The standard InChI is InChI=1S/C16H14N5O4S.C16H11N3O4.Co/c1-10-15(16(23)21(20-10)11-5-3-2-4-6-11)19-18-13-9-12(26(17,24)25)7-8-14(13)22;20-14-8-5-10-3-1-2-4-12(10)16(14)18-17-13-7-6-11(19(22)23)9-15(13)21;/h2-9H,1H3,(H3-,17,18,19,20,22,23,24,25);1-9,20-21H;/q-1;;+3/p-2. The van der Waals surface area contributed by atoms with Gasteiger partial charge >= 0.3 is 16.8 Å². The number of hydrogen-bond acceptors (Lipinski definition) is 13. The summed E-state index contributed by atoms with van der Waals surface area (Å²) < 4.78 is 23.7. The minimum Gasteiger partial charge on any atom is -0.871 e. The summed E-state index contributed by atoms with van der Waals surface area (Å²) in [6.07, 6.45) is 0. The number of aryl methyl sites for hydroxylation is 1. The van der Waals surface area contributed by atoms with Crippen molar-refractivity contribution in [2.75, 3.05) is 0 Å². The van der Waals surface area contributed by atoms with E-state index in [9.17, 15) is 39.0 Å². The summed E-state index contributed by atoms with van der Waals surface area (Å²) in [4.78, 5) is 9.64. The monoisotopic (exact) mass is 738 g/mol. The summed E-state index contributed by atoms with van der Waals surface area (Å²) in [6, 6.07) is 25.8. The van der Waals surface area contributed by atoms with Crippen LogP contribution in [0.2, 0.25) is 0 Å². The second-order valence-corrected chi connectivity index (χ2v) is 11.6. The van der Waals surface area contributed by atoms with Gasteiger partial charge < -0.3 is 25.6 Å². The van der Waals surface area contributed by atoms with E-state index in [0.717, 1.165) is 34.3 Å². The van der Waals surface area contributed by atoms with E-state index in [2.05, 4.69) is 25.6 Å². The third-order valence-electron chi connectivity index (χ3n) is 6.79. The molecule has 1 aromatic heterocycles. The fourth-order valence-electron chi connectivity index (χ4n) is 4.37. The molecule has 254 valence electrons. The van der Waals surface area contributed by atoms with Crippen molar-refractivity contribution < 1.29 is 50.5 Å². The molecule has 0 amide bonds. The van der Waals surface area contributed by atoms with E-state index in [-0.39, 0.29) is 61.6 Å². The Balaban J connectivity index is 0.000000222. The van der Waals surface area contributed by atoms with Gasteiger partial charge in [-0.2, -0.15) is 10.2 Å². The van der Waals surface area contributed by atoms with E-state index < -0.39 is 26.6 Å². The van der Waals surface area contributed by atoms with Gasteiger partial charge in [-0.25, -0.2) is 13.1 Å². The van der Waals surface area contributed by atoms with E-state index in [4.69, 9.17) is 5.14 Å². The SMILES string of the molecule is Cc1nn(-c2ccccc2)c([O-])c1N=Nc1cc(S([NH-])(=O)=O)ccc1[O-].O=[N+]([O-])c1ccc(N=Nc2c(O)ccc3ccccc23)c(O)c1.[Co+3]. The molecule has 6 rings (SSSR count). The number of nitro groups is 1. The van der Waals surface area contributed by atoms with E-state index in [1.165, 1.54) is 18.2 Å². The molecule has 1 heterocycles. The molecule has 0 aliphatic heterocycles. The maximum absolute atomic E-state index is 12.5. The van der Waals surface area contributed by atoms with Crippen molar-refractivity contribution in [1.29, 1.82) is 0 Å². The minimum absolute atomic E-state index is 0. The van der Waals surface area contributed by atoms with Crippen LogP contribution in [0, 0.1) is 17.0 Å². The minimum atomic E-state index is -4.24. The fraction of sp³-hybridized carbons (Fsp3) is 0.0312. The number of sulfonamides is 1. The zero-order valence-corrected chi connectivity index (χ0v) is 27.4. The number of aromatic hydroxyl groups is 2.